The molecule has 0 amide bonds. The van der Waals surface area contributed by atoms with Gasteiger partial charge in [-0.15, -0.1) is 0 Å². The quantitative estimate of drug-likeness (QED) is 0.866. The number of ether oxygens (including phenoxy) is 1. The van der Waals surface area contributed by atoms with Crippen molar-refractivity contribution in [2.24, 2.45) is 5.92 Å². The Morgan fingerprint density at radius 2 is 2.32 bits per heavy atom. The summed E-state index contributed by atoms with van der Waals surface area (Å²) in [6.07, 6.45) is 3.90. The maximum atomic E-state index is 9.03. The molecule has 0 fully saturated rings. The number of hydrogen-bond donors (Lipinski definition) is 0. The lowest BCUT2D eigenvalue weighted by atomic mass is 10.1. The Labute approximate surface area is 130 Å². The van der Waals surface area contributed by atoms with Gasteiger partial charge in [0.1, 0.15) is 5.82 Å². The van der Waals surface area contributed by atoms with E-state index in [1.54, 1.807) is 7.11 Å². The topological polar surface area (TPSA) is 54.1 Å². The summed E-state index contributed by atoms with van der Waals surface area (Å²) in [5.74, 6) is 1.54. The minimum absolute atomic E-state index is 0.444. The van der Waals surface area contributed by atoms with Crippen LogP contribution in [0.25, 0.3) is 0 Å². The van der Waals surface area contributed by atoms with Crippen molar-refractivity contribution < 1.29 is 4.74 Å². The van der Waals surface area contributed by atoms with E-state index < -0.39 is 0 Å². The second-order valence-electron chi connectivity index (χ2n) is 5.80. The van der Waals surface area contributed by atoms with Gasteiger partial charge in [0, 0.05) is 45.1 Å². The first-order valence-electron chi connectivity index (χ1n) is 7.49. The molecule has 1 atom stereocenters. The molecule has 5 nitrogen and oxygen atoms in total. The van der Waals surface area contributed by atoms with Crippen LogP contribution in [0.1, 0.15) is 17.0 Å². The van der Waals surface area contributed by atoms with E-state index in [4.69, 9.17) is 10.00 Å². The number of nitriles is 1. The van der Waals surface area contributed by atoms with Crippen molar-refractivity contribution in [1.29, 1.82) is 5.26 Å². The van der Waals surface area contributed by atoms with Crippen LogP contribution >= 0.6 is 0 Å². The van der Waals surface area contributed by atoms with Crippen molar-refractivity contribution >= 4 is 0 Å². The molecule has 0 bridgehead atoms. The van der Waals surface area contributed by atoms with Gasteiger partial charge in [0.25, 0.3) is 0 Å². The van der Waals surface area contributed by atoms with E-state index in [0.717, 1.165) is 44.2 Å². The predicted octanol–water partition coefficient (Wildman–Crippen LogP) is 2.03. The Morgan fingerprint density at radius 3 is 3.14 bits per heavy atom. The zero-order valence-corrected chi connectivity index (χ0v) is 12.8. The fourth-order valence-corrected chi connectivity index (χ4v) is 3.08. The lowest BCUT2D eigenvalue weighted by Gasteiger charge is -2.23. The lowest BCUT2D eigenvalue weighted by molar-refractivity contribution is 0.115. The summed E-state index contributed by atoms with van der Waals surface area (Å²) in [7, 11) is 1.75. The molecular formula is C17H20N4O. The van der Waals surface area contributed by atoms with Crippen LogP contribution in [0.2, 0.25) is 0 Å². The Hall–Kier alpha value is -2.16. The highest BCUT2D eigenvalue weighted by molar-refractivity contribution is 5.32. The molecule has 1 aliphatic heterocycles. The van der Waals surface area contributed by atoms with Gasteiger partial charge in [0.15, 0.2) is 0 Å². The summed E-state index contributed by atoms with van der Waals surface area (Å²) in [6.45, 7) is 4.30. The maximum Gasteiger partial charge on any atom is 0.122 e. The van der Waals surface area contributed by atoms with Crippen molar-refractivity contribution in [1.82, 2.24) is 14.5 Å². The summed E-state index contributed by atoms with van der Waals surface area (Å²) < 4.78 is 7.58. The molecule has 1 aliphatic rings. The van der Waals surface area contributed by atoms with E-state index in [9.17, 15) is 0 Å². The highest BCUT2D eigenvalue weighted by atomic mass is 16.5. The summed E-state index contributed by atoms with van der Waals surface area (Å²) in [6, 6.07) is 10.0. The third kappa shape index (κ3) is 3.35. The summed E-state index contributed by atoms with van der Waals surface area (Å²) in [4.78, 5) is 6.85. The van der Waals surface area contributed by atoms with Gasteiger partial charge in [-0.2, -0.15) is 5.26 Å². The van der Waals surface area contributed by atoms with Crippen LogP contribution in [-0.4, -0.2) is 34.7 Å². The molecular weight excluding hydrogens is 276 g/mol. The number of methoxy groups -OCH3 is 1. The fraction of sp³-hybridized carbons (Fsp3) is 0.412. The van der Waals surface area contributed by atoms with Gasteiger partial charge in [0.2, 0.25) is 0 Å². The maximum absolute atomic E-state index is 9.03. The average Bonchev–Trinajstić information content (AvgIpc) is 2.88. The molecule has 114 valence electrons. The fourth-order valence-electron chi connectivity index (χ4n) is 3.08. The standard InChI is InChI=1S/C17H20N4O/c1-22-13-16-10-20(12-17-19-5-6-21(17)11-16)9-15-4-2-3-14(7-15)8-18/h2-7,16H,9-13H2,1H3/t16-/m1/s1. The van der Waals surface area contributed by atoms with Gasteiger partial charge in [-0.05, 0) is 17.7 Å². The van der Waals surface area contributed by atoms with Crippen molar-refractivity contribution in [3.05, 3.63) is 53.6 Å². The van der Waals surface area contributed by atoms with E-state index in [2.05, 4.69) is 26.6 Å². The number of benzene rings is 1. The molecule has 0 aliphatic carbocycles. The Kier molecular flexibility index (Phi) is 4.52. The first kappa shape index (κ1) is 14.8. The van der Waals surface area contributed by atoms with Crippen molar-refractivity contribution in [3.8, 4) is 6.07 Å². The largest absolute Gasteiger partial charge is 0.384 e. The Bertz CT molecular complexity index is 673. The van der Waals surface area contributed by atoms with Gasteiger partial charge >= 0.3 is 0 Å². The van der Waals surface area contributed by atoms with E-state index >= 15 is 0 Å². The molecule has 0 radical (unpaired) electrons. The van der Waals surface area contributed by atoms with Crippen molar-refractivity contribution in [2.75, 3.05) is 20.3 Å². The molecule has 0 N–H and O–H groups in total. The minimum Gasteiger partial charge on any atom is -0.384 e. The number of hydrogen-bond acceptors (Lipinski definition) is 4. The second-order valence-corrected chi connectivity index (χ2v) is 5.80. The van der Waals surface area contributed by atoms with Crippen LogP contribution in [0.5, 0.6) is 0 Å². The summed E-state index contributed by atoms with van der Waals surface area (Å²) in [5.41, 5.74) is 1.87. The van der Waals surface area contributed by atoms with Gasteiger partial charge in [-0.1, -0.05) is 12.1 Å². The first-order valence-corrected chi connectivity index (χ1v) is 7.49. The monoisotopic (exact) mass is 296 g/mol. The van der Waals surface area contributed by atoms with E-state index in [-0.39, 0.29) is 0 Å². The van der Waals surface area contributed by atoms with Gasteiger partial charge < -0.3 is 9.30 Å². The Balaban J connectivity index is 1.78. The van der Waals surface area contributed by atoms with Gasteiger partial charge in [0.05, 0.1) is 24.8 Å². The van der Waals surface area contributed by atoms with E-state index in [1.165, 1.54) is 0 Å². The molecule has 2 aromatic rings. The number of rotatable bonds is 4. The SMILES string of the molecule is COC[C@@H]1CN(Cc2cccc(C#N)c2)Cc2nccn2C1. The number of fused-ring (bicyclic) bond motifs is 1. The molecule has 0 saturated carbocycles. The molecule has 0 spiro atoms. The highest BCUT2D eigenvalue weighted by Gasteiger charge is 2.22. The van der Waals surface area contributed by atoms with Gasteiger partial charge in [-0.3, -0.25) is 4.90 Å². The molecule has 1 aromatic heterocycles. The predicted molar refractivity (Wildman–Crippen MR) is 82.9 cm³/mol. The van der Waals surface area contributed by atoms with Gasteiger partial charge in [-0.25, -0.2) is 4.98 Å². The zero-order valence-electron chi connectivity index (χ0n) is 12.8. The van der Waals surface area contributed by atoms with Crippen LogP contribution in [0, 0.1) is 17.2 Å². The molecule has 22 heavy (non-hydrogen) atoms. The highest BCUT2D eigenvalue weighted by Crippen LogP contribution is 2.18. The molecule has 0 saturated heterocycles. The summed E-state index contributed by atoms with van der Waals surface area (Å²) >= 11 is 0. The van der Waals surface area contributed by atoms with Crippen molar-refractivity contribution in [3.63, 3.8) is 0 Å². The molecule has 0 unspecified atom stereocenters. The molecule has 2 heterocycles. The van der Waals surface area contributed by atoms with Crippen molar-refractivity contribution in [2.45, 2.75) is 19.6 Å². The second kappa shape index (κ2) is 6.73. The molecule has 1 aromatic carbocycles. The van der Waals surface area contributed by atoms with E-state index in [1.807, 2.05) is 30.6 Å². The number of imidazole rings is 1. The minimum atomic E-state index is 0.444. The van der Waals surface area contributed by atoms with Crippen LogP contribution in [0.3, 0.4) is 0 Å². The summed E-state index contributed by atoms with van der Waals surface area (Å²) in [5, 5.41) is 9.03. The number of aromatic nitrogens is 2. The van der Waals surface area contributed by atoms with E-state index in [0.29, 0.717) is 11.5 Å². The smallest absolute Gasteiger partial charge is 0.122 e. The third-order valence-corrected chi connectivity index (χ3v) is 4.00. The van der Waals surface area contributed by atoms with Crippen LogP contribution in [-0.2, 0) is 24.4 Å². The third-order valence-electron chi connectivity index (χ3n) is 4.00. The first-order chi connectivity index (χ1) is 10.8. The normalized spacial score (nSPS) is 18.5. The lowest BCUT2D eigenvalue weighted by Crippen LogP contribution is -2.29. The van der Waals surface area contributed by atoms with Crippen LogP contribution in [0.15, 0.2) is 36.7 Å². The molecule has 5 heteroatoms. The van der Waals surface area contributed by atoms with Crippen LogP contribution < -0.4 is 0 Å². The molecule has 3 rings (SSSR count). The number of nitrogens with zero attached hydrogens (tertiary/aromatic N) is 4. The zero-order chi connectivity index (χ0) is 15.4. The Morgan fingerprint density at radius 1 is 1.41 bits per heavy atom. The van der Waals surface area contributed by atoms with Crippen LogP contribution in [0.4, 0.5) is 0 Å². The average molecular weight is 296 g/mol.